The zero-order chi connectivity index (χ0) is 14.7. The molecule has 0 aliphatic carbocycles. The fraction of sp³-hybridized carbons (Fsp3) is 0.611. The number of rotatable bonds is 4. The van der Waals surface area contributed by atoms with E-state index in [0.717, 1.165) is 32.4 Å². The number of likely N-dealkylation sites (tertiary alicyclic amines) is 1. The van der Waals surface area contributed by atoms with Gasteiger partial charge in [0.1, 0.15) is 0 Å². The van der Waals surface area contributed by atoms with Gasteiger partial charge in [0.15, 0.2) is 0 Å². The van der Waals surface area contributed by atoms with E-state index in [1.165, 1.54) is 24.0 Å². The van der Waals surface area contributed by atoms with E-state index in [1.807, 2.05) is 0 Å². The maximum atomic E-state index is 12.4. The lowest BCUT2D eigenvalue weighted by molar-refractivity contribution is -0.131. The number of benzene rings is 1. The SMILES string of the molecule is CCc1ccc(CCC(=O)N2CCC3CCC(C2)N3)cc1. The molecular weight excluding hydrogens is 260 g/mol. The molecule has 2 heterocycles. The molecule has 2 unspecified atom stereocenters. The lowest BCUT2D eigenvalue weighted by Crippen LogP contribution is -2.39. The second-order valence-electron chi connectivity index (χ2n) is 6.44. The molecule has 2 bridgehead atoms. The maximum absolute atomic E-state index is 12.4. The number of fused-ring (bicyclic) bond motifs is 2. The molecule has 114 valence electrons. The molecule has 1 aromatic rings. The molecule has 1 aromatic carbocycles. The van der Waals surface area contributed by atoms with Gasteiger partial charge in [-0.2, -0.15) is 0 Å². The monoisotopic (exact) mass is 286 g/mol. The molecule has 3 heteroatoms. The maximum Gasteiger partial charge on any atom is 0.222 e. The Bertz CT molecular complexity index is 482. The fourth-order valence-electron chi connectivity index (χ4n) is 3.52. The quantitative estimate of drug-likeness (QED) is 0.922. The van der Waals surface area contributed by atoms with Crippen molar-refractivity contribution in [3.63, 3.8) is 0 Å². The van der Waals surface area contributed by atoms with Crippen molar-refractivity contribution in [3.05, 3.63) is 35.4 Å². The summed E-state index contributed by atoms with van der Waals surface area (Å²) in [6, 6.07) is 9.86. The Morgan fingerprint density at radius 1 is 1.14 bits per heavy atom. The van der Waals surface area contributed by atoms with Crippen LogP contribution in [0.4, 0.5) is 0 Å². The normalized spacial score (nSPS) is 24.9. The van der Waals surface area contributed by atoms with Gasteiger partial charge in [0.2, 0.25) is 5.91 Å². The Morgan fingerprint density at radius 3 is 2.62 bits per heavy atom. The second kappa shape index (κ2) is 6.61. The van der Waals surface area contributed by atoms with Gasteiger partial charge in [0.25, 0.3) is 0 Å². The fourth-order valence-corrected chi connectivity index (χ4v) is 3.52. The summed E-state index contributed by atoms with van der Waals surface area (Å²) in [4.78, 5) is 14.5. The van der Waals surface area contributed by atoms with E-state index < -0.39 is 0 Å². The molecule has 2 atom stereocenters. The number of nitrogens with zero attached hydrogens (tertiary/aromatic N) is 1. The molecular formula is C18H26N2O. The average molecular weight is 286 g/mol. The van der Waals surface area contributed by atoms with E-state index >= 15 is 0 Å². The van der Waals surface area contributed by atoms with E-state index in [9.17, 15) is 4.79 Å². The van der Waals surface area contributed by atoms with Crippen molar-refractivity contribution in [3.8, 4) is 0 Å². The number of hydrogen-bond donors (Lipinski definition) is 1. The van der Waals surface area contributed by atoms with Crippen LogP contribution in [0.5, 0.6) is 0 Å². The van der Waals surface area contributed by atoms with Gasteiger partial charge in [-0.25, -0.2) is 0 Å². The average Bonchev–Trinajstić information content (AvgIpc) is 2.84. The number of nitrogens with one attached hydrogen (secondary N) is 1. The summed E-state index contributed by atoms with van der Waals surface area (Å²) >= 11 is 0. The van der Waals surface area contributed by atoms with Gasteiger partial charge in [-0.1, -0.05) is 31.2 Å². The topological polar surface area (TPSA) is 32.3 Å². The molecule has 1 N–H and O–H groups in total. The molecule has 0 aromatic heterocycles. The first-order valence-corrected chi connectivity index (χ1v) is 8.36. The van der Waals surface area contributed by atoms with Gasteiger partial charge in [-0.3, -0.25) is 4.79 Å². The molecule has 3 rings (SSSR count). The van der Waals surface area contributed by atoms with Gasteiger partial charge >= 0.3 is 0 Å². The van der Waals surface area contributed by atoms with E-state index in [-0.39, 0.29) is 0 Å². The number of carbonyl (C=O) groups is 1. The Hall–Kier alpha value is -1.35. The van der Waals surface area contributed by atoms with E-state index in [1.54, 1.807) is 0 Å². The van der Waals surface area contributed by atoms with Crippen LogP contribution < -0.4 is 5.32 Å². The molecule has 0 radical (unpaired) electrons. The van der Waals surface area contributed by atoms with Crippen molar-refractivity contribution < 1.29 is 4.79 Å². The third-order valence-corrected chi connectivity index (χ3v) is 4.93. The summed E-state index contributed by atoms with van der Waals surface area (Å²) in [7, 11) is 0. The molecule has 3 nitrogen and oxygen atoms in total. The van der Waals surface area contributed by atoms with Crippen LogP contribution in [0.15, 0.2) is 24.3 Å². The van der Waals surface area contributed by atoms with Crippen molar-refractivity contribution in [2.24, 2.45) is 0 Å². The van der Waals surface area contributed by atoms with Crippen molar-refractivity contribution in [1.82, 2.24) is 10.2 Å². The summed E-state index contributed by atoms with van der Waals surface area (Å²) in [6.45, 7) is 4.01. The van der Waals surface area contributed by atoms with E-state index in [4.69, 9.17) is 0 Å². The van der Waals surface area contributed by atoms with Crippen molar-refractivity contribution in [1.29, 1.82) is 0 Å². The molecule has 2 saturated heterocycles. The lowest BCUT2D eigenvalue weighted by Gasteiger charge is -2.24. The van der Waals surface area contributed by atoms with Gasteiger partial charge in [-0.05, 0) is 43.2 Å². The Kier molecular flexibility index (Phi) is 4.59. The minimum Gasteiger partial charge on any atom is -0.341 e. The molecule has 0 spiro atoms. The molecule has 1 amide bonds. The van der Waals surface area contributed by atoms with Crippen LogP contribution in [0.3, 0.4) is 0 Å². The van der Waals surface area contributed by atoms with Crippen LogP contribution >= 0.6 is 0 Å². The molecule has 0 saturated carbocycles. The van der Waals surface area contributed by atoms with Crippen molar-refractivity contribution in [2.75, 3.05) is 13.1 Å². The predicted octanol–water partition coefficient (Wildman–Crippen LogP) is 2.53. The summed E-state index contributed by atoms with van der Waals surface area (Å²) < 4.78 is 0. The number of hydrogen-bond acceptors (Lipinski definition) is 2. The first kappa shape index (κ1) is 14.6. The van der Waals surface area contributed by atoms with E-state index in [0.29, 0.717) is 24.4 Å². The molecule has 2 aliphatic heterocycles. The molecule has 2 aliphatic rings. The Balaban J connectivity index is 1.51. The van der Waals surface area contributed by atoms with Crippen LogP contribution in [0, 0.1) is 0 Å². The van der Waals surface area contributed by atoms with E-state index in [2.05, 4.69) is 41.4 Å². The number of carbonyl (C=O) groups excluding carboxylic acids is 1. The van der Waals surface area contributed by atoms with Gasteiger partial charge in [-0.15, -0.1) is 0 Å². The van der Waals surface area contributed by atoms with Crippen molar-refractivity contribution in [2.45, 2.75) is 57.5 Å². The highest BCUT2D eigenvalue weighted by Gasteiger charge is 2.30. The smallest absolute Gasteiger partial charge is 0.222 e. The van der Waals surface area contributed by atoms with Crippen LogP contribution in [-0.4, -0.2) is 36.0 Å². The standard InChI is InChI=1S/C18H26N2O/c1-2-14-3-5-15(6-4-14)7-10-18(21)20-12-11-16-8-9-17(13-20)19-16/h3-6,16-17,19H,2,7-13H2,1H3. The second-order valence-corrected chi connectivity index (χ2v) is 6.44. The first-order valence-electron chi connectivity index (χ1n) is 8.36. The van der Waals surface area contributed by atoms with Crippen LogP contribution in [0.25, 0.3) is 0 Å². The summed E-state index contributed by atoms with van der Waals surface area (Å²) in [5.74, 6) is 0.323. The molecule has 2 fully saturated rings. The number of aryl methyl sites for hydroxylation is 2. The highest BCUT2D eigenvalue weighted by atomic mass is 16.2. The Morgan fingerprint density at radius 2 is 1.86 bits per heavy atom. The number of amides is 1. The highest BCUT2D eigenvalue weighted by molar-refractivity contribution is 5.76. The van der Waals surface area contributed by atoms with Crippen molar-refractivity contribution >= 4 is 5.91 Å². The van der Waals surface area contributed by atoms with Crippen LogP contribution in [-0.2, 0) is 17.6 Å². The van der Waals surface area contributed by atoms with Crippen LogP contribution in [0.1, 0.15) is 43.7 Å². The minimum absolute atomic E-state index is 0.323. The zero-order valence-electron chi connectivity index (χ0n) is 13.0. The van der Waals surface area contributed by atoms with Gasteiger partial charge in [0, 0.05) is 31.6 Å². The highest BCUT2D eigenvalue weighted by Crippen LogP contribution is 2.21. The Labute approximate surface area is 127 Å². The minimum atomic E-state index is 0.323. The van der Waals surface area contributed by atoms with Crippen LogP contribution in [0.2, 0.25) is 0 Å². The van der Waals surface area contributed by atoms with Gasteiger partial charge in [0.05, 0.1) is 0 Å². The summed E-state index contributed by atoms with van der Waals surface area (Å²) in [6.07, 6.45) is 6.21. The van der Waals surface area contributed by atoms with Gasteiger partial charge < -0.3 is 10.2 Å². The predicted molar refractivity (Wildman–Crippen MR) is 85.3 cm³/mol. The largest absolute Gasteiger partial charge is 0.341 e. The molecule has 21 heavy (non-hydrogen) atoms. The zero-order valence-corrected chi connectivity index (χ0v) is 13.0. The summed E-state index contributed by atoms with van der Waals surface area (Å²) in [5.41, 5.74) is 2.63. The third kappa shape index (κ3) is 3.65. The summed E-state index contributed by atoms with van der Waals surface area (Å²) in [5, 5.41) is 3.63. The first-order chi connectivity index (χ1) is 10.2. The lowest BCUT2D eigenvalue weighted by atomic mass is 10.0. The third-order valence-electron chi connectivity index (χ3n) is 4.93.